The largest absolute Gasteiger partial charge is 0.192 e. The Morgan fingerprint density at radius 3 is 2.91 bits per heavy atom. The third kappa shape index (κ3) is 1.98. The Morgan fingerprint density at radius 2 is 2.55 bits per heavy atom. The van der Waals surface area contributed by atoms with Crippen LogP contribution >= 0.6 is 0 Å². The summed E-state index contributed by atoms with van der Waals surface area (Å²) < 4.78 is 0. The van der Waals surface area contributed by atoms with Crippen LogP contribution in [0.1, 0.15) is 13.3 Å². The van der Waals surface area contributed by atoms with Crippen molar-refractivity contribution in [2.24, 2.45) is 5.92 Å². The molecule has 0 fully saturated rings. The van der Waals surface area contributed by atoms with Gasteiger partial charge >= 0.3 is 0 Å². The van der Waals surface area contributed by atoms with E-state index in [1.54, 1.807) is 0 Å². The standard InChI is InChI=1S/C9H12BN/c1-7(10)9-4-2-8(6-11)3-5-9/h2-4,7,9H,5,10H2,1H3. The second-order valence-corrected chi connectivity index (χ2v) is 3.27. The molecule has 2 atom stereocenters. The fourth-order valence-corrected chi connectivity index (χ4v) is 1.21. The van der Waals surface area contributed by atoms with Crippen molar-refractivity contribution in [1.29, 1.82) is 5.26 Å². The molecule has 0 saturated carbocycles. The van der Waals surface area contributed by atoms with Gasteiger partial charge in [-0.3, -0.25) is 0 Å². The van der Waals surface area contributed by atoms with E-state index >= 15 is 0 Å². The van der Waals surface area contributed by atoms with Gasteiger partial charge in [-0.15, -0.1) is 0 Å². The number of allylic oxidation sites excluding steroid dienone is 4. The van der Waals surface area contributed by atoms with Gasteiger partial charge in [-0.2, -0.15) is 5.26 Å². The highest BCUT2D eigenvalue weighted by Crippen LogP contribution is 2.24. The van der Waals surface area contributed by atoms with Crippen molar-refractivity contribution in [3.63, 3.8) is 0 Å². The maximum absolute atomic E-state index is 8.55. The minimum atomic E-state index is 0.632. The summed E-state index contributed by atoms with van der Waals surface area (Å²) in [7, 11) is 2.21. The van der Waals surface area contributed by atoms with Crippen molar-refractivity contribution in [3.05, 3.63) is 23.8 Å². The van der Waals surface area contributed by atoms with Gasteiger partial charge in [0.1, 0.15) is 7.85 Å². The summed E-state index contributed by atoms with van der Waals surface area (Å²) in [6.07, 6.45) is 7.11. The first kappa shape index (κ1) is 8.13. The Bertz CT molecular complexity index is 232. The summed E-state index contributed by atoms with van der Waals surface area (Å²) >= 11 is 0. The summed E-state index contributed by atoms with van der Waals surface area (Å²) in [5, 5.41) is 8.55. The number of hydrogen-bond acceptors (Lipinski definition) is 1. The van der Waals surface area contributed by atoms with Crippen LogP contribution in [-0.2, 0) is 0 Å². The van der Waals surface area contributed by atoms with E-state index in [9.17, 15) is 0 Å². The average Bonchev–Trinajstić information content (AvgIpc) is 2.05. The van der Waals surface area contributed by atoms with Crippen molar-refractivity contribution in [2.75, 3.05) is 0 Å². The zero-order chi connectivity index (χ0) is 8.27. The molecular formula is C9H12BN. The van der Waals surface area contributed by atoms with Crippen molar-refractivity contribution in [1.82, 2.24) is 0 Å². The molecule has 0 heterocycles. The predicted octanol–water partition coefficient (Wildman–Crippen LogP) is 1.45. The van der Waals surface area contributed by atoms with Crippen LogP contribution in [0.2, 0.25) is 5.82 Å². The van der Waals surface area contributed by atoms with Crippen LogP contribution in [0.3, 0.4) is 0 Å². The molecule has 0 aromatic rings. The van der Waals surface area contributed by atoms with E-state index in [1.165, 1.54) is 0 Å². The van der Waals surface area contributed by atoms with E-state index in [4.69, 9.17) is 5.26 Å². The minimum absolute atomic E-state index is 0.632. The van der Waals surface area contributed by atoms with Crippen molar-refractivity contribution >= 4 is 7.85 Å². The van der Waals surface area contributed by atoms with Crippen molar-refractivity contribution in [2.45, 2.75) is 19.2 Å². The molecule has 0 N–H and O–H groups in total. The van der Waals surface area contributed by atoms with E-state index in [0.29, 0.717) is 11.7 Å². The van der Waals surface area contributed by atoms with Gasteiger partial charge in [0.15, 0.2) is 0 Å². The Labute approximate surface area is 68.8 Å². The second kappa shape index (κ2) is 3.43. The van der Waals surface area contributed by atoms with Crippen LogP contribution in [0.4, 0.5) is 0 Å². The molecule has 1 rings (SSSR count). The first-order valence-electron chi connectivity index (χ1n) is 4.02. The summed E-state index contributed by atoms with van der Waals surface area (Å²) in [6.45, 7) is 2.21. The van der Waals surface area contributed by atoms with Crippen LogP contribution in [-0.4, -0.2) is 7.85 Å². The first-order valence-corrected chi connectivity index (χ1v) is 4.02. The van der Waals surface area contributed by atoms with Crippen molar-refractivity contribution < 1.29 is 0 Å². The molecule has 0 saturated heterocycles. The van der Waals surface area contributed by atoms with Crippen molar-refractivity contribution in [3.8, 4) is 6.07 Å². The maximum atomic E-state index is 8.55. The van der Waals surface area contributed by atoms with Crippen LogP contribution in [0.15, 0.2) is 23.8 Å². The molecule has 11 heavy (non-hydrogen) atoms. The van der Waals surface area contributed by atoms with E-state index in [0.717, 1.165) is 12.0 Å². The molecule has 2 heteroatoms. The molecule has 0 bridgehead atoms. The topological polar surface area (TPSA) is 23.8 Å². The van der Waals surface area contributed by atoms with Gasteiger partial charge in [-0.05, 0) is 18.4 Å². The fourth-order valence-electron chi connectivity index (χ4n) is 1.21. The molecule has 1 aliphatic carbocycles. The zero-order valence-corrected chi connectivity index (χ0v) is 7.04. The fraction of sp³-hybridized carbons (Fsp3) is 0.444. The number of rotatable bonds is 1. The van der Waals surface area contributed by atoms with Crippen LogP contribution in [0, 0.1) is 17.2 Å². The lowest BCUT2D eigenvalue weighted by atomic mass is 9.75. The molecule has 2 unspecified atom stereocenters. The summed E-state index contributed by atoms with van der Waals surface area (Å²) in [5.74, 6) is 1.31. The number of hydrogen-bond donors (Lipinski definition) is 0. The molecule has 1 nitrogen and oxygen atoms in total. The lowest BCUT2D eigenvalue weighted by Gasteiger charge is -2.17. The quantitative estimate of drug-likeness (QED) is 0.512. The first-order chi connectivity index (χ1) is 5.24. The Balaban J connectivity index is 2.59. The lowest BCUT2D eigenvalue weighted by Crippen LogP contribution is -2.05. The molecule has 0 radical (unpaired) electrons. The smallest absolute Gasteiger partial charge is 0.105 e. The highest BCUT2D eigenvalue weighted by atomic mass is 14.2. The third-order valence-electron chi connectivity index (χ3n) is 2.12. The summed E-state index contributed by atoms with van der Waals surface area (Å²) in [4.78, 5) is 0. The number of nitrogens with zero attached hydrogens (tertiary/aromatic N) is 1. The SMILES string of the molecule is BC(C)C1C=CC(C#N)=CC1. The molecule has 0 aromatic heterocycles. The van der Waals surface area contributed by atoms with E-state index in [-0.39, 0.29) is 0 Å². The molecule has 0 aliphatic heterocycles. The van der Waals surface area contributed by atoms with Gasteiger partial charge in [0.05, 0.1) is 6.07 Å². The molecular weight excluding hydrogens is 133 g/mol. The average molecular weight is 145 g/mol. The Morgan fingerprint density at radius 1 is 1.82 bits per heavy atom. The highest BCUT2D eigenvalue weighted by molar-refractivity contribution is 6.11. The molecule has 0 amide bonds. The predicted molar refractivity (Wildman–Crippen MR) is 48.9 cm³/mol. The summed E-state index contributed by atoms with van der Waals surface area (Å²) in [6, 6.07) is 2.14. The third-order valence-corrected chi connectivity index (χ3v) is 2.12. The Hall–Kier alpha value is -0.965. The van der Waals surface area contributed by atoms with Gasteiger partial charge in [0.2, 0.25) is 0 Å². The van der Waals surface area contributed by atoms with Crippen LogP contribution in [0.5, 0.6) is 0 Å². The zero-order valence-electron chi connectivity index (χ0n) is 7.04. The van der Waals surface area contributed by atoms with Gasteiger partial charge in [-0.25, -0.2) is 0 Å². The Kier molecular flexibility index (Phi) is 2.54. The van der Waals surface area contributed by atoms with Gasteiger partial charge < -0.3 is 0 Å². The number of nitriles is 1. The van der Waals surface area contributed by atoms with Crippen LogP contribution < -0.4 is 0 Å². The lowest BCUT2D eigenvalue weighted by molar-refractivity contribution is 0.630. The highest BCUT2D eigenvalue weighted by Gasteiger charge is 2.11. The molecule has 56 valence electrons. The van der Waals surface area contributed by atoms with Crippen LogP contribution in [0.25, 0.3) is 0 Å². The van der Waals surface area contributed by atoms with E-state index in [2.05, 4.69) is 26.9 Å². The molecule has 1 aliphatic rings. The van der Waals surface area contributed by atoms with Gasteiger partial charge in [0.25, 0.3) is 0 Å². The van der Waals surface area contributed by atoms with E-state index < -0.39 is 0 Å². The normalized spacial score (nSPS) is 25.5. The molecule has 0 aromatic carbocycles. The molecule has 0 spiro atoms. The van der Waals surface area contributed by atoms with Gasteiger partial charge in [0, 0.05) is 5.57 Å². The second-order valence-electron chi connectivity index (χ2n) is 3.27. The van der Waals surface area contributed by atoms with Gasteiger partial charge in [-0.1, -0.05) is 24.9 Å². The minimum Gasteiger partial charge on any atom is -0.192 e. The monoisotopic (exact) mass is 145 g/mol. The maximum Gasteiger partial charge on any atom is 0.105 e. The van der Waals surface area contributed by atoms with E-state index in [1.807, 2.05) is 12.2 Å². The summed E-state index contributed by atoms with van der Waals surface area (Å²) in [5.41, 5.74) is 0.807.